The minimum Gasteiger partial charge on any atom is -0.459 e. The molecule has 2 rings (SSSR count). The fourth-order valence-electron chi connectivity index (χ4n) is 2.02. The van der Waals surface area contributed by atoms with Crippen molar-refractivity contribution in [2.45, 2.75) is 19.4 Å². The summed E-state index contributed by atoms with van der Waals surface area (Å²) in [6.45, 7) is 2.07. The highest BCUT2D eigenvalue weighted by Crippen LogP contribution is 2.28. The molecule has 2 aromatic rings. The largest absolute Gasteiger partial charge is 0.459 e. The van der Waals surface area contributed by atoms with Crippen LogP contribution in [0.25, 0.3) is 11.3 Å². The van der Waals surface area contributed by atoms with Gasteiger partial charge < -0.3 is 9.73 Å². The number of nitro benzene ring substituents is 1. The Bertz CT molecular complexity index is 574. The van der Waals surface area contributed by atoms with Gasteiger partial charge in [0.25, 0.3) is 5.69 Å². The van der Waals surface area contributed by atoms with E-state index in [1.54, 1.807) is 12.1 Å². The molecule has 1 atom stereocenters. The maximum absolute atomic E-state index is 10.8. The van der Waals surface area contributed by atoms with Crippen LogP contribution in [-0.2, 0) is 0 Å². The minimum atomic E-state index is -0.407. The molecule has 5 nitrogen and oxygen atoms in total. The Hall–Kier alpha value is -2.14. The molecule has 1 aromatic heterocycles. The van der Waals surface area contributed by atoms with Crippen LogP contribution >= 0.6 is 0 Å². The molecule has 0 amide bonds. The van der Waals surface area contributed by atoms with E-state index in [2.05, 4.69) is 12.2 Å². The lowest BCUT2D eigenvalue weighted by Crippen LogP contribution is -2.14. The summed E-state index contributed by atoms with van der Waals surface area (Å²) >= 11 is 0. The topological polar surface area (TPSA) is 68.3 Å². The molecule has 0 saturated carbocycles. The normalized spacial score (nSPS) is 12.3. The number of nitrogens with one attached hydrogen (secondary N) is 1. The lowest BCUT2D eigenvalue weighted by molar-refractivity contribution is -0.384. The SMILES string of the molecule is CCC(NC)c1ccc(-c2cccc([N+](=O)[O-])c2)o1. The maximum atomic E-state index is 10.8. The van der Waals surface area contributed by atoms with E-state index >= 15 is 0 Å². The molecule has 1 heterocycles. The summed E-state index contributed by atoms with van der Waals surface area (Å²) in [6.07, 6.45) is 0.915. The number of furan rings is 1. The Morgan fingerprint density at radius 3 is 2.79 bits per heavy atom. The zero-order chi connectivity index (χ0) is 13.8. The summed E-state index contributed by atoms with van der Waals surface area (Å²) in [5, 5.41) is 13.9. The van der Waals surface area contributed by atoms with Crippen LogP contribution in [0.2, 0.25) is 0 Å². The van der Waals surface area contributed by atoms with Crippen molar-refractivity contribution in [3.63, 3.8) is 0 Å². The molecule has 1 unspecified atom stereocenters. The fourth-order valence-corrected chi connectivity index (χ4v) is 2.02. The van der Waals surface area contributed by atoms with Gasteiger partial charge >= 0.3 is 0 Å². The molecule has 0 radical (unpaired) electrons. The van der Waals surface area contributed by atoms with Gasteiger partial charge in [0.15, 0.2) is 0 Å². The van der Waals surface area contributed by atoms with Gasteiger partial charge in [0.2, 0.25) is 0 Å². The van der Waals surface area contributed by atoms with Gasteiger partial charge in [-0.05, 0) is 25.6 Å². The summed E-state index contributed by atoms with van der Waals surface area (Å²) < 4.78 is 5.76. The van der Waals surface area contributed by atoms with Crippen molar-refractivity contribution in [3.05, 3.63) is 52.3 Å². The predicted molar refractivity (Wildman–Crippen MR) is 72.9 cm³/mol. The quantitative estimate of drug-likeness (QED) is 0.659. The van der Waals surface area contributed by atoms with E-state index in [1.165, 1.54) is 12.1 Å². The lowest BCUT2D eigenvalue weighted by Gasteiger charge is -2.09. The molecule has 1 N–H and O–H groups in total. The van der Waals surface area contributed by atoms with E-state index in [0.717, 1.165) is 12.2 Å². The number of non-ortho nitro benzene ring substituents is 1. The number of benzene rings is 1. The van der Waals surface area contributed by atoms with Crippen LogP contribution in [0.5, 0.6) is 0 Å². The van der Waals surface area contributed by atoms with Crippen LogP contribution in [0.1, 0.15) is 25.1 Å². The molecule has 100 valence electrons. The first-order valence-corrected chi connectivity index (χ1v) is 6.17. The first-order chi connectivity index (χ1) is 9.15. The molecule has 0 saturated heterocycles. The standard InChI is InChI=1S/C14H16N2O3/c1-3-12(15-2)14-8-7-13(19-14)10-5-4-6-11(9-10)16(17)18/h4-9,12,15H,3H2,1-2H3. The highest BCUT2D eigenvalue weighted by Gasteiger charge is 2.14. The van der Waals surface area contributed by atoms with Crippen LogP contribution in [0.3, 0.4) is 0 Å². The van der Waals surface area contributed by atoms with Crippen LogP contribution < -0.4 is 5.32 Å². The van der Waals surface area contributed by atoms with Gasteiger partial charge in [0, 0.05) is 17.7 Å². The average Bonchev–Trinajstić information content (AvgIpc) is 2.90. The Kier molecular flexibility index (Phi) is 3.97. The number of hydrogen-bond acceptors (Lipinski definition) is 4. The van der Waals surface area contributed by atoms with Crippen LogP contribution in [0.4, 0.5) is 5.69 Å². The first-order valence-electron chi connectivity index (χ1n) is 6.17. The minimum absolute atomic E-state index is 0.0658. The fraction of sp³-hybridized carbons (Fsp3) is 0.286. The molecule has 0 spiro atoms. The van der Waals surface area contributed by atoms with E-state index in [-0.39, 0.29) is 11.7 Å². The average molecular weight is 260 g/mol. The molecule has 0 aliphatic rings. The molecular formula is C14H16N2O3. The van der Waals surface area contributed by atoms with E-state index < -0.39 is 4.92 Å². The first kappa shape index (κ1) is 13.3. The Morgan fingerprint density at radius 2 is 2.16 bits per heavy atom. The molecule has 0 bridgehead atoms. The summed E-state index contributed by atoms with van der Waals surface area (Å²) in [5.41, 5.74) is 0.780. The molecule has 19 heavy (non-hydrogen) atoms. The Balaban J connectivity index is 2.32. The third-order valence-electron chi connectivity index (χ3n) is 3.07. The third-order valence-corrected chi connectivity index (χ3v) is 3.07. The molecule has 1 aromatic carbocycles. The molecule has 0 aliphatic carbocycles. The highest BCUT2D eigenvalue weighted by atomic mass is 16.6. The number of nitrogens with zero attached hydrogens (tertiary/aromatic N) is 1. The van der Waals surface area contributed by atoms with Crippen molar-refractivity contribution in [1.29, 1.82) is 0 Å². The Morgan fingerprint density at radius 1 is 1.37 bits per heavy atom. The molecule has 5 heteroatoms. The van der Waals surface area contributed by atoms with Gasteiger partial charge in [-0.15, -0.1) is 0 Å². The zero-order valence-corrected chi connectivity index (χ0v) is 10.9. The number of rotatable bonds is 5. The van der Waals surface area contributed by atoms with Gasteiger partial charge in [0.1, 0.15) is 11.5 Å². The van der Waals surface area contributed by atoms with Gasteiger partial charge in [0.05, 0.1) is 11.0 Å². The van der Waals surface area contributed by atoms with Crippen LogP contribution in [0, 0.1) is 10.1 Å². The van der Waals surface area contributed by atoms with E-state index in [9.17, 15) is 10.1 Å². The Labute approximate surface area is 111 Å². The van der Waals surface area contributed by atoms with E-state index in [1.807, 2.05) is 19.2 Å². The second kappa shape index (κ2) is 5.67. The van der Waals surface area contributed by atoms with Crippen molar-refractivity contribution in [3.8, 4) is 11.3 Å². The monoisotopic (exact) mass is 260 g/mol. The van der Waals surface area contributed by atoms with Gasteiger partial charge in [-0.25, -0.2) is 0 Å². The van der Waals surface area contributed by atoms with Crippen LogP contribution in [0.15, 0.2) is 40.8 Å². The highest BCUT2D eigenvalue weighted by molar-refractivity contribution is 5.61. The summed E-state index contributed by atoms with van der Waals surface area (Å²) in [4.78, 5) is 10.3. The molecular weight excluding hydrogens is 244 g/mol. The molecule has 0 aliphatic heterocycles. The van der Waals surface area contributed by atoms with Gasteiger partial charge in [-0.2, -0.15) is 0 Å². The second-order valence-corrected chi connectivity index (χ2v) is 4.26. The van der Waals surface area contributed by atoms with Gasteiger partial charge in [-0.1, -0.05) is 19.1 Å². The van der Waals surface area contributed by atoms with Crippen molar-refractivity contribution < 1.29 is 9.34 Å². The predicted octanol–water partition coefficient (Wildman–Crippen LogP) is 3.53. The zero-order valence-electron chi connectivity index (χ0n) is 10.9. The number of hydrogen-bond donors (Lipinski definition) is 1. The van der Waals surface area contributed by atoms with Crippen molar-refractivity contribution in [2.24, 2.45) is 0 Å². The summed E-state index contributed by atoms with van der Waals surface area (Å²) in [7, 11) is 1.88. The van der Waals surface area contributed by atoms with Gasteiger partial charge in [-0.3, -0.25) is 10.1 Å². The smallest absolute Gasteiger partial charge is 0.270 e. The van der Waals surface area contributed by atoms with E-state index in [0.29, 0.717) is 11.3 Å². The molecule has 0 fully saturated rings. The third kappa shape index (κ3) is 2.82. The maximum Gasteiger partial charge on any atom is 0.270 e. The number of nitro groups is 1. The van der Waals surface area contributed by atoms with Crippen molar-refractivity contribution >= 4 is 5.69 Å². The summed E-state index contributed by atoms with van der Waals surface area (Å²) in [5.74, 6) is 1.49. The van der Waals surface area contributed by atoms with Crippen molar-refractivity contribution in [1.82, 2.24) is 5.32 Å². The summed E-state index contributed by atoms with van der Waals surface area (Å²) in [6, 6.07) is 10.3. The van der Waals surface area contributed by atoms with Crippen molar-refractivity contribution in [2.75, 3.05) is 7.05 Å². The second-order valence-electron chi connectivity index (χ2n) is 4.26. The lowest BCUT2D eigenvalue weighted by atomic mass is 10.1. The van der Waals surface area contributed by atoms with Crippen LogP contribution in [-0.4, -0.2) is 12.0 Å². The van der Waals surface area contributed by atoms with E-state index in [4.69, 9.17) is 4.42 Å².